The molecule has 8 heteroatoms. The molecule has 0 radical (unpaired) electrons. The highest BCUT2D eigenvalue weighted by Crippen LogP contribution is 2.31. The van der Waals surface area contributed by atoms with E-state index in [-0.39, 0.29) is 10.3 Å². The van der Waals surface area contributed by atoms with Crippen LogP contribution >= 0.6 is 11.3 Å². The molecule has 1 aromatic heterocycles. The van der Waals surface area contributed by atoms with Crippen LogP contribution in [-0.2, 0) is 14.8 Å². The van der Waals surface area contributed by atoms with Gasteiger partial charge in [0.15, 0.2) is 9.34 Å². The maximum Gasteiger partial charge on any atom is 0.249 e. The number of hydrogen-bond acceptors (Lipinski definition) is 6. The first-order valence-corrected chi connectivity index (χ1v) is 9.22. The molecule has 6 nitrogen and oxygen atoms in total. The Morgan fingerprint density at radius 2 is 2.18 bits per heavy atom. The van der Waals surface area contributed by atoms with Gasteiger partial charge in [0.1, 0.15) is 6.10 Å². The first-order valence-electron chi connectivity index (χ1n) is 6.86. The van der Waals surface area contributed by atoms with E-state index >= 15 is 0 Å². The van der Waals surface area contributed by atoms with Gasteiger partial charge in [-0.25, -0.2) is 18.5 Å². The van der Waals surface area contributed by atoms with Crippen LogP contribution in [0, 0.1) is 6.92 Å². The van der Waals surface area contributed by atoms with E-state index in [4.69, 9.17) is 9.88 Å². The fraction of sp³-hybridized carbons (Fsp3) is 0.357. The van der Waals surface area contributed by atoms with Crippen molar-refractivity contribution in [1.82, 2.24) is 4.98 Å². The van der Waals surface area contributed by atoms with E-state index in [1.807, 2.05) is 17.0 Å². The summed E-state index contributed by atoms with van der Waals surface area (Å²) >= 11 is 1.09. The number of sulfonamides is 1. The van der Waals surface area contributed by atoms with Gasteiger partial charge < -0.3 is 9.64 Å². The molecule has 3 rings (SSSR count). The van der Waals surface area contributed by atoms with Crippen molar-refractivity contribution in [2.75, 3.05) is 24.6 Å². The number of hydrogen-bond donors (Lipinski definition) is 1. The average molecular weight is 339 g/mol. The minimum absolute atomic E-state index is 0.0446. The Hall–Kier alpha value is -1.48. The van der Waals surface area contributed by atoms with Crippen molar-refractivity contribution < 1.29 is 13.2 Å². The van der Waals surface area contributed by atoms with E-state index in [2.05, 4.69) is 24.0 Å². The van der Waals surface area contributed by atoms with Crippen LogP contribution in [0.2, 0.25) is 0 Å². The molecular formula is C14H17N3O3S2. The molecule has 1 unspecified atom stereocenters. The number of morpholine rings is 1. The number of nitrogens with two attached hydrogens (primary N) is 1. The lowest BCUT2D eigenvalue weighted by Crippen LogP contribution is -2.38. The number of thiazole rings is 1. The van der Waals surface area contributed by atoms with E-state index in [9.17, 15) is 8.42 Å². The van der Waals surface area contributed by atoms with Gasteiger partial charge in [0.05, 0.1) is 19.3 Å². The summed E-state index contributed by atoms with van der Waals surface area (Å²) in [6.07, 6.45) is 1.27. The summed E-state index contributed by atoms with van der Waals surface area (Å²) in [4.78, 5) is 6.23. The van der Waals surface area contributed by atoms with Crippen molar-refractivity contribution in [1.29, 1.82) is 0 Å². The molecular weight excluding hydrogens is 322 g/mol. The lowest BCUT2D eigenvalue weighted by molar-refractivity contribution is 0.0394. The van der Waals surface area contributed by atoms with Crippen molar-refractivity contribution in [3.8, 4) is 0 Å². The van der Waals surface area contributed by atoms with Crippen LogP contribution in [0.4, 0.5) is 5.13 Å². The van der Waals surface area contributed by atoms with Crippen LogP contribution in [0.25, 0.3) is 0 Å². The number of rotatable bonds is 3. The average Bonchev–Trinajstić information content (AvgIpc) is 2.98. The second-order valence-corrected chi connectivity index (χ2v) is 7.97. The van der Waals surface area contributed by atoms with E-state index in [0.717, 1.165) is 16.9 Å². The summed E-state index contributed by atoms with van der Waals surface area (Å²) in [6.45, 7) is 3.95. The Kier molecular flexibility index (Phi) is 4.18. The van der Waals surface area contributed by atoms with Crippen molar-refractivity contribution >= 4 is 26.5 Å². The highest BCUT2D eigenvalue weighted by atomic mass is 32.2. The zero-order chi connectivity index (χ0) is 15.7. The molecule has 0 amide bonds. The van der Waals surface area contributed by atoms with Crippen LogP contribution in [0.3, 0.4) is 0 Å². The van der Waals surface area contributed by atoms with Gasteiger partial charge in [0.2, 0.25) is 10.0 Å². The zero-order valence-corrected chi connectivity index (χ0v) is 13.7. The predicted molar refractivity (Wildman–Crippen MR) is 85.6 cm³/mol. The second kappa shape index (κ2) is 5.96. The maximum absolute atomic E-state index is 11.4. The molecule has 0 spiro atoms. The van der Waals surface area contributed by atoms with Crippen LogP contribution in [0.5, 0.6) is 0 Å². The number of primary sulfonamides is 1. The number of nitrogens with zero attached hydrogens (tertiary/aromatic N) is 2. The van der Waals surface area contributed by atoms with Crippen molar-refractivity contribution in [3.05, 3.63) is 41.6 Å². The quantitative estimate of drug-likeness (QED) is 0.919. The fourth-order valence-electron chi connectivity index (χ4n) is 2.49. The fourth-order valence-corrected chi connectivity index (χ4v) is 4.06. The molecule has 0 saturated carbocycles. The SMILES string of the molecule is Cc1ccccc1C1CN(c2ncc(S(N)(=O)=O)s2)CCO1. The third-order valence-electron chi connectivity index (χ3n) is 3.63. The normalized spacial score (nSPS) is 19.4. The number of aryl methyl sites for hydroxylation is 1. The van der Waals surface area contributed by atoms with E-state index in [0.29, 0.717) is 24.8 Å². The highest BCUT2D eigenvalue weighted by molar-refractivity contribution is 7.91. The van der Waals surface area contributed by atoms with Gasteiger partial charge in [-0.15, -0.1) is 0 Å². The third-order valence-corrected chi connectivity index (χ3v) is 6.09. The topological polar surface area (TPSA) is 85.5 Å². The molecule has 1 saturated heterocycles. The standard InChI is InChI=1S/C14H17N3O3S2/c1-10-4-2-3-5-11(10)12-9-17(6-7-20-12)14-16-8-13(21-14)22(15,18)19/h2-5,8,12H,6-7,9H2,1H3,(H2,15,18,19). The zero-order valence-electron chi connectivity index (χ0n) is 12.1. The molecule has 1 aliphatic rings. The Morgan fingerprint density at radius 3 is 2.86 bits per heavy atom. The molecule has 1 aromatic carbocycles. The summed E-state index contributed by atoms with van der Waals surface area (Å²) < 4.78 is 28.7. The van der Waals surface area contributed by atoms with Gasteiger partial charge in [-0.2, -0.15) is 0 Å². The van der Waals surface area contributed by atoms with E-state index < -0.39 is 10.0 Å². The molecule has 2 aromatic rings. The van der Waals surface area contributed by atoms with Crippen molar-refractivity contribution in [2.45, 2.75) is 17.2 Å². The molecule has 0 bridgehead atoms. The predicted octanol–water partition coefficient (Wildman–Crippen LogP) is 1.68. The van der Waals surface area contributed by atoms with E-state index in [1.54, 1.807) is 0 Å². The van der Waals surface area contributed by atoms with Gasteiger partial charge in [-0.1, -0.05) is 35.6 Å². The minimum atomic E-state index is -3.69. The van der Waals surface area contributed by atoms with Gasteiger partial charge >= 0.3 is 0 Å². The lowest BCUT2D eigenvalue weighted by atomic mass is 10.0. The summed E-state index contributed by atoms with van der Waals surface area (Å²) in [6, 6.07) is 8.10. The monoisotopic (exact) mass is 339 g/mol. The number of anilines is 1. The van der Waals surface area contributed by atoms with E-state index in [1.165, 1.54) is 11.8 Å². The number of benzene rings is 1. The first kappa shape index (κ1) is 15.4. The second-order valence-electron chi connectivity index (χ2n) is 5.17. The van der Waals surface area contributed by atoms with Crippen LogP contribution in [0.1, 0.15) is 17.2 Å². The lowest BCUT2D eigenvalue weighted by Gasteiger charge is -2.33. The van der Waals surface area contributed by atoms with Gasteiger partial charge in [-0.3, -0.25) is 0 Å². The molecule has 1 aliphatic heterocycles. The Morgan fingerprint density at radius 1 is 1.41 bits per heavy atom. The van der Waals surface area contributed by atoms with Crippen molar-refractivity contribution in [2.24, 2.45) is 5.14 Å². The van der Waals surface area contributed by atoms with Crippen LogP contribution < -0.4 is 10.0 Å². The van der Waals surface area contributed by atoms with Crippen LogP contribution in [0.15, 0.2) is 34.7 Å². The molecule has 0 aliphatic carbocycles. The molecule has 2 heterocycles. The summed E-state index contributed by atoms with van der Waals surface area (Å²) in [5.41, 5.74) is 2.33. The largest absolute Gasteiger partial charge is 0.370 e. The van der Waals surface area contributed by atoms with Gasteiger partial charge in [-0.05, 0) is 18.1 Å². The minimum Gasteiger partial charge on any atom is -0.370 e. The molecule has 118 valence electrons. The molecule has 1 atom stereocenters. The smallest absolute Gasteiger partial charge is 0.249 e. The van der Waals surface area contributed by atoms with Crippen molar-refractivity contribution in [3.63, 3.8) is 0 Å². The molecule has 2 N–H and O–H groups in total. The molecule has 22 heavy (non-hydrogen) atoms. The molecule has 1 fully saturated rings. The Bertz CT molecular complexity index is 773. The number of ether oxygens (including phenoxy) is 1. The Labute approximate surface area is 133 Å². The Balaban J connectivity index is 1.82. The summed E-state index contributed by atoms with van der Waals surface area (Å²) in [5, 5.41) is 5.80. The summed E-state index contributed by atoms with van der Waals surface area (Å²) in [5.74, 6) is 0. The van der Waals surface area contributed by atoms with Gasteiger partial charge in [0, 0.05) is 6.54 Å². The van der Waals surface area contributed by atoms with Crippen LogP contribution in [-0.4, -0.2) is 33.1 Å². The number of aromatic nitrogens is 1. The highest BCUT2D eigenvalue weighted by Gasteiger charge is 2.25. The summed E-state index contributed by atoms with van der Waals surface area (Å²) in [7, 11) is -3.69. The van der Waals surface area contributed by atoms with Gasteiger partial charge in [0.25, 0.3) is 0 Å². The third kappa shape index (κ3) is 3.14. The first-order chi connectivity index (χ1) is 10.4. The maximum atomic E-state index is 11.4.